The van der Waals surface area contributed by atoms with E-state index in [9.17, 15) is 24.3 Å². The van der Waals surface area contributed by atoms with Gasteiger partial charge in [0.25, 0.3) is 11.1 Å². The molecule has 6 rings (SSSR count). The molecule has 0 spiro atoms. The summed E-state index contributed by atoms with van der Waals surface area (Å²) in [6, 6.07) is 16.4. The number of carboxylic acid groups (broad SMARTS) is 1. The summed E-state index contributed by atoms with van der Waals surface area (Å²) in [5.74, 6) is -1.59. The first-order valence-corrected chi connectivity index (χ1v) is 10.7. The minimum atomic E-state index is -1.57. The number of nitrogens with one attached hydrogen (secondary N) is 1. The SMILES string of the molecule is O=C(O)C1NC(=O)n2nc(-n3nc(-c4c(-c5ccccc5)nn5ccccc45)ccc3=O)cc1c2=O. The van der Waals surface area contributed by atoms with E-state index in [0.29, 0.717) is 21.6 Å². The molecule has 0 saturated carbocycles. The maximum absolute atomic E-state index is 12.8. The molecule has 1 aliphatic heterocycles. The lowest BCUT2D eigenvalue weighted by molar-refractivity contribution is -0.139. The van der Waals surface area contributed by atoms with Gasteiger partial charge in [-0.2, -0.15) is 14.9 Å². The minimum absolute atomic E-state index is 0.171. The number of hydrogen-bond acceptors (Lipinski definition) is 7. The first-order valence-electron chi connectivity index (χ1n) is 10.7. The molecule has 1 atom stereocenters. The number of pyridine rings is 1. The highest BCUT2D eigenvalue weighted by molar-refractivity contribution is 5.90. The molecule has 4 aromatic heterocycles. The molecule has 0 radical (unpaired) electrons. The number of carbonyl (C=O) groups excluding carboxylic acids is 1. The largest absolute Gasteiger partial charge is 0.479 e. The Morgan fingerprint density at radius 1 is 0.889 bits per heavy atom. The zero-order chi connectivity index (χ0) is 25.0. The maximum Gasteiger partial charge on any atom is 0.346 e. The van der Waals surface area contributed by atoms with E-state index >= 15 is 0 Å². The van der Waals surface area contributed by atoms with Crippen molar-refractivity contribution in [1.82, 2.24) is 34.5 Å². The lowest BCUT2D eigenvalue weighted by Gasteiger charge is -2.21. The lowest BCUT2D eigenvalue weighted by Crippen LogP contribution is -2.50. The van der Waals surface area contributed by atoms with Gasteiger partial charge in [-0.05, 0) is 24.3 Å². The topological polar surface area (TPSA) is 153 Å². The van der Waals surface area contributed by atoms with Crippen LogP contribution in [0.5, 0.6) is 0 Å². The van der Waals surface area contributed by atoms with Gasteiger partial charge in [0, 0.05) is 17.8 Å². The minimum Gasteiger partial charge on any atom is -0.479 e. The average molecular weight is 481 g/mol. The molecule has 1 aliphatic rings. The molecule has 1 amide bonds. The Bertz CT molecular complexity index is 1820. The fourth-order valence-corrected chi connectivity index (χ4v) is 4.16. The summed E-state index contributed by atoms with van der Waals surface area (Å²) >= 11 is 0. The van der Waals surface area contributed by atoms with E-state index in [1.165, 1.54) is 6.07 Å². The van der Waals surface area contributed by atoms with Crippen LogP contribution in [-0.4, -0.2) is 46.3 Å². The number of aliphatic carboxylic acids is 1. The molecule has 2 N–H and O–H groups in total. The van der Waals surface area contributed by atoms with Gasteiger partial charge in [0.15, 0.2) is 11.9 Å². The Balaban J connectivity index is 1.59. The third-order valence-electron chi connectivity index (χ3n) is 5.81. The third kappa shape index (κ3) is 3.20. The molecular formula is C24H15N7O5. The Morgan fingerprint density at radius 3 is 2.44 bits per heavy atom. The van der Waals surface area contributed by atoms with Gasteiger partial charge in [0.1, 0.15) is 5.69 Å². The zero-order valence-electron chi connectivity index (χ0n) is 18.3. The monoisotopic (exact) mass is 481 g/mol. The van der Waals surface area contributed by atoms with Crippen molar-refractivity contribution >= 4 is 17.5 Å². The van der Waals surface area contributed by atoms with Crippen LogP contribution in [-0.2, 0) is 4.79 Å². The number of nitrogens with zero attached hydrogens (tertiary/aromatic N) is 6. The van der Waals surface area contributed by atoms with Crippen LogP contribution in [0, 0.1) is 0 Å². The number of carbonyl (C=O) groups is 2. The maximum atomic E-state index is 12.8. The van der Waals surface area contributed by atoms with Crippen molar-refractivity contribution in [1.29, 1.82) is 0 Å². The van der Waals surface area contributed by atoms with E-state index in [0.717, 1.165) is 21.8 Å². The molecule has 0 saturated heterocycles. The second-order valence-electron chi connectivity index (χ2n) is 7.98. The van der Waals surface area contributed by atoms with Crippen LogP contribution < -0.4 is 16.4 Å². The van der Waals surface area contributed by atoms with Crippen molar-refractivity contribution in [3.05, 3.63) is 99.2 Å². The van der Waals surface area contributed by atoms with E-state index in [-0.39, 0.29) is 11.4 Å². The Kier molecular flexibility index (Phi) is 4.61. The van der Waals surface area contributed by atoms with Crippen LogP contribution in [0.1, 0.15) is 11.6 Å². The highest BCUT2D eigenvalue weighted by Gasteiger charge is 2.33. The van der Waals surface area contributed by atoms with E-state index in [2.05, 4.69) is 15.5 Å². The molecule has 5 aromatic rings. The standard InChI is InChI=1S/C24H15N7O5/c32-18-10-9-15(19-16-8-4-5-11-29(16)28-20(19)13-6-2-1-3-7-13)26-30(18)17-12-14-21(23(34)35)25-24(36)31(27-17)22(14)33/h1-12,21H,(H,25,36)(H,34,35). The van der Waals surface area contributed by atoms with Crippen LogP contribution in [0.25, 0.3) is 33.8 Å². The van der Waals surface area contributed by atoms with Crippen LogP contribution in [0.2, 0.25) is 0 Å². The highest BCUT2D eigenvalue weighted by atomic mass is 16.4. The number of hydrogen-bond donors (Lipinski definition) is 2. The summed E-state index contributed by atoms with van der Waals surface area (Å²) in [5.41, 5.74) is 1.52. The van der Waals surface area contributed by atoms with Crippen LogP contribution in [0.15, 0.2) is 82.5 Å². The van der Waals surface area contributed by atoms with Gasteiger partial charge in [-0.3, -0.25) is 9.59 Å². The lowest BCUT2D eigenvalue weighted by atomic mass is 10.0. The summed E-state index contributed by atoms with van der Waals surface area (Å²) < 4.78 is 3.11. The highest BCUT2D eigenvalue weighted by Crippen LogP contribution is 2.33. The molecule has 5 heterocycles. The van der Waals surface area contributed by atoms with E-state index in [4.69, 9.17) is 5.10 Å². The summed E-state index contributed by atoms with van der Waals surface area (Å²) in [6.07, 6.45) is 1.79. The fraction of sp³-hybridized carbons (Fsp3) is 0.0417. The molecule has 12 nitrogen and oxygen atoms in total. The Morgan fingerprint density at radius 2 is 1.67 bits per heavy atom. The van der Waals surface area contributed by atoms with Gasteiger partial charge in [0.2, 0.25) is 0 Å². The normalized spacial score (nSPS) is 14.6. The smallest absolute Gasteiger partial charge is 0.346 e. The van der Waals surface area contributed by atoms with Crippen LogP contribution >= 0.6 is 0 Å². The summed E-state index contributed by atoms with van der Waals surface area (Å²) in [7, 11) is 0. The second-order valence-corrected chi connectivity index (χ2v) is 7.98. The second kappa shape index (κ2) is 7.84. The predicted molar refractivity (Wildman–Crippen MR) is 126 cm³/mol. The molecule has 0 aliphatic carbocycles. The zero-order valence-corrected chi connectivity index (χ0v) is 18.3. The van der Waals surface area contributed by atoms with Crippen molar-refractivity contribution in [2.45, 2.75) is 6.04 Å². The van der Waals surface area contributed by atoms with Gasteiger partial charge < -0.3 is 10.4 Å². The van der Waals surface area contributed by atoms with E-state index in [1.807, 2.05) is 48.5 Å². The third-order valence-corrected chi connectivity index (χ3v) is 5.81. The predicted octanol–water partition coefficient (Wildman–Crippen LogP) is 1.47. The summed E-state index contributed by atoms with van der Waals surface area (Å²) in [4.78, 5) is 49.2. The molecule has 1 aromatic carbocycles. The van der Waals surface area contributed by atoms with Gasteiger partial charge in [0.05, 0.1) is 22.3 Å². The van der Waals surface area contributed by atoms with Gasteiger partial charge in [-0.25, -0.2) is 14.1 Å². The van der Waals surface area contributed by atoms with Crippen molar-refractivity contribution in [3.63, 3.8) is 0 Å². The quantitative estimate of drug-likeness (QED) is 0.391. The van der Waals surface area contributed by atoms with E-state index < -0.39 is 29.2 Å². The van der Waals surface area contributed by atoms with Crippen molar-refractivity contribution in [2.75, 3.05) is 0 Å². The molecule has 0 fully saturated rings. The van der Waals surface area contributed by atoms with Gasteiger partial charge in [-0.1, -0.05) is 36.4 Å². The number of amides is 1. The summed E-state index contributed by atoms with van der Waals surface area (Å²) in [6.45, 7) is 0. The molecule has 12 heteroatoms. The number of carboxylic acids is 1. The molecule has 36 heavy (non-hydrogen) atoms. The first-order chi connectivity index (χ1) is 17.4. The Labute approximate surface area is 200 Å². The summed E-state index contributed by atoms with van der Waals surface area (Å²) in [5, 5.41) is 24.8. The number of rotatable bonds is 4. The average Bonchev–Trinajstić information content (AvgIpc) is 3.27. The fourth-order valence-electron chi connectivity index (χ4n) is 4.16. The van der Waals surface area contributed by atoms with Crippen molar-refractivity contribution in [2.24, 2.45) is 0 Å². The van der Waals surface area contributed by atoms with E-state index in [1.54, 1.807) is 16.8 Å². The molecule has 1 unspecified atom stereocenters. The van der Waals surface area contributed by atoms with Crippen LogP contribution in [0.3, 0.4) is 0 Å². The molecular weight excluding hydrogens is 466 g/mol. The van der Waals surface area contributed by atoms with Crippen LogP contribution in [0.4, 0.5) is 4.79 Å². The Hall–Kier alpha value is -5.39. The van der Waals surface area contributed by atoms with Crippen molar-refractivity contribution < 1.29 is 14.7 Å². The van der Waals surface area contributed by atoms with Gasteiger partial charge >= 0.3 is 12.0 Å². The van der Waals surface area contributed by atoms with Crippen molar-refractivity contribution in [3.8, 4) is 28.3 Å². The molecule has 176 valence electrons. The number of aromatic nitrogens is 6. The number of benzene rings is 1. The molecule has 2 bridgehead atoms. The first kappa shape index (κ1) is 21.2. The van der Waals surface area contributed by atoms with Gasteiger partial charge in [-0.15, -0.1) is 9.78 Å². The number of fused-ring (bicyclic) bond motifs is 3.